The van der Waals surface area contributed by atoms with Gasteiger partial charge in [-0.15, -0.1) is 0 Å². The first-order chi connectivity index (χ1) is 36.0. The molecule has 0 bridgehead atoms. The molecule has 0 aliphatic heterocycles. The van der Waals surface area contributed by atoms with E-state index in [4.69, 9.17) is 14.2 Å². The minimum Gasteiger partial charge on any atom is -0.462 e. The molecule has 0 rings (SSSR count). The molecule has 1 unspecified atom stereocenters. The Bertz CT molecular complexity index is 1270. The molecule has 0 spiro atoms. The number of carbonyl (C=O) groups excluding carboxylic acids is 3. The predicted molar refractivity (Wildman–Crippen MR) is 316 cm³/mol. The molecule has 6 nitrogen and oxygen atoms in total. The molecule has 426 valence electrons. The summed E-state index contributed by atoms with van der Waals surface area (Å²) in [4.78, 5) is 37.9. The summed E-state index contributed by atoms with van der Waals surface area (Å²) in [5, 5.41) is 0. The normalized spacial score (nSPS) is 12.3. The van der Waals surface area contributed by atoms with Crippen LogP contribution in [0.25, 0.3) is 0 Å². The fourth-order valence-electron chi connectivity index (χ4n) is 9.56. The highest BCUT2D eigenvalue weighted by molar-refractivity contribution is 5.71. The van der Waals surface area contributed by atoms with E-state index >= 15 is 0 Å². The highest BCUT2D eigenvalue weighted by Crippen LogP contribution is 2.18. The number of hydrogen-bond donors (Lipinski definition) is 0. The van der Waals surface area contributed by atoms with E-state index in [-0.39, 0.29) is 37.5 Å². The van der Waals surface area contributed by atoms with Gasteiger partial charge < -0.3 is 14.2 Å². The van der Waals surface area contributed by atoms with Crippen molar-refractivity contribution in [1.29, 1.82) is 0 Å². The van der Waals surface area contributed by atoms with E-state index in [0.29, 0.717) is 19.3 Å². The molecule has 1 atom stereocenters. The molecule has 0 saturated carbocycles. The van der Waals surface area contributed by atoms with Gasteiger partial charge in [-0.05, 0) is 57.8 Å². The molecule has 0 aromatic heterocycles. The number of allylic oxidation sites excluding steroid dienone is 8. The zero-order valence-electron chi connectivity index (χ0n) is 48.9. The Hall–Kier alpha value is -2.63. The maximum atomic E-state index is 12.8. The lowest BCUT2D eigenvalue weighted by Gasteiger charge is -2.18. The maximum absolute atomic E-state index is 12.8. The first-order valence-corrected chi connectivity index (χ1v) is 32.1. The number of carbonyl (C=O) groups is 3. The van der Waals surface area contributed by atoms with Gasteiger partial charge in [0.05, 0.1) is 0 Å². The van der Waals surface area contributed by atoms with Crippen LogP contribution in [0.4, 0.5) is 0 Å². The van der Waals surface area contributed by atoms with Gasteiger partial charge in [-0.3, -0.25) is 14.4 Å². The first kappa shape index (κ1) is 70.4. The lowest BCUT2D eigenvalue weighted by molar-refractivity contribution is -0.167. The highest BCUT2D eigenvalue weighted by atomic mass is 16.6. The fraction of sp³-hybridized carbons (Fsp3) is 0.836. The predicted octanol–water partition coefficient (Wildman–Crippen LogP) is 21.8. The van der Waals surface area contributed by atoms with Crippen molar-refractivity contribution in [1.82, 2.24) is 0 Å². The molecule has 6 heteroatoms. The first-order valence-electron chi connectivity index (χ1n) is 32.1. The molecule has 0 aliphatic carbocycles. The summed E-state index contributed by atoms with van der Waals surface area (Å²) >= 11 is 0. The second-order valence-corrected chi connectivity index (χ2v) is 21.7. The van der Waals surface area contributed by atoms with E-state index in [1.165, 1.54) is 218 Å². The van der Waals surface area contributed by atoms with Crippen LogP contribution in [-0.4, -0.2) is 37.2 Å². The third kappa shape index (κ3) is 60.1. The van der Waals surface area contributed by atoms with E-state index in [0.717, 1.165) is 77.0 Å². The SMILES string of the molecule is CC/C=C\C/C=C\C/C=C\C/C=C\CCCCC(=O)OC(COC(=O)CCCCCCCC)COC(=O)CCCCCCCCCCCCCCCCCCCCCCCCCCCCCCCCCCCC. The molecular weight excluding hydrogens is 901 g/mol. The minimum atomic E-state index is -0.790. The van der Waals surface area contributed by atoms with Gasteiger partial charge in [0, 0.05) is 19.3 Å². The van der Waals surface area contributed by atoms with Crippen molar-refractivity contribution in [2.24, 2.45) is 0 Å². The van der Waals surface area contributed by atoms with Crippen LogP contribution in [0.1, 0.15) is 342 Å². The lowest BCUT2D eigenvalue weighted by Crippen LogP contribution is -2.30. The number of esters is 3. The standard InChI is InChI=1S/C67H122O6/c1-4-7-10-13-16-18-20-22-24-25-26-27-28-29-30-31-32-33-34-35-36-37-38-39-40-41-42-44-45-47-49-51-54-57-60-66(69)72-63-64(62-71-65(68)59-56-53-15-12-9-6-3)73-67(70)61-58-55-52-50-48-46-43-23-21-19-17-14-11-8-5-2/h8,11,17,19,23,43,48,50,64H,4-7,9-10,12-16,18,20-22,24-42,44-47,49,51-63H2,1-3H3/b11-8-,19-17-,43-23-,50-48-. The van der Waals surface area contributed by atoms with Gasteiger partial charge in [-0.2, -0.15) is 0 Å². The Balaban J connectivity index is 3.91. The summed E-state index contributed by atoms with van der Waals surface area (Å²) in [5.41, 5.74) is 0. The fourth-order valence-corrected chi connectivity index (χ4v) is 9.56. The molecule has 0 fully saturated rings. The summed E-state index contributed by atoms with van der Waals surface area (Å²) in [6, 6.07) is 0. The van der Waals surface area contributed by atoms with E-state index in [9.17, 15) is 14.4 Å². The van der Waals surface area contributed by atoms with Crippen molar-refractivity contribution < 1.29 is 28.6 Å². The van der Waals surface area contributed by atoms with Gasteiger partial charge >= 0.3 is 17.9 Å². The number of unbranched alkanes of at least 4 members (excludes halogenated alkanes) is 40. The average molecular weight is 1020 g/mol. The quantitative estimate of drug-likeness (QED) is 0.0261. The molecule has 0 saturated heterocycles. The van der Waals surface area contributed by atoms with Crippen LogP contribution < -0.4 is 0 Å². The summed E-state index contributed by atoms with van der Waals surface area (Å²) in [7, 11) is 0. The monoisotopic (exact) mass is 1020 g/mol. The van der Waals surface area contributed by atoms with Crippen molar-refractivity contribution >= 4 is 17.9 Å². The van der Waals surface area contributed by atoms with Crippen LogP contribution in [0.3, 0.4) is 0 Å². The topological polar surface area (TPSA) is 78.9 Å². The van der Waals surface area contributed by atoms with Crippen molar-refractivity contribution in [3.63, 3.8) is 0 Å². The van der Waals surface area contributed by atoms with Gasteiger partial charge in [0.2, 0.25) is 0 Å². The Labute approximate surface area is 454 Å². The van der Waals surface area contributed by atoms with E-state index < -0.39 is 6.10 Å². The highest BCUT2D eigenvalue weighted by Gasteiger charge is 2.19. The number of ether oxygens (including phenoxy) is 3. The Morgan fingerprint density at radius 3 is 0.836 bits per heavy atom. The Kier molecular flexibility index (Phi) is 59.7. The smallest absolute Gasteiger partial charge is 0.306 e. The zero-order chi connectivity index (χ0) is 52.9. The molecule has 73 heavy (non-hydrogen) atoms. The minimum absolute atomic E-state index is 0.0868. The second-order valence-electron chi connectivity index (χ2n) is 21.7. The van der Waals surface area contributed by atoms with Crippen LogP contribution in [0.15, 0.2) is 48.6 Å². The summed E-state index contributed by atoms with van der Waals surface area (Å²) in [5.74, 6) is -0.926. The Morgan fingerprint density at radius 1 is 0.288 bits per heavy atom. The summed E-state index contributed by atoms with van der Waals surface area (Å²) in [6.07, 6.45) is 77.7. The van der Waals surface area contributed by atoms with E-state index in [1.807, 2.05) is 0 Å². The molecule has 0 heterocycles. The lowest BCUT2D eigenvalue weighted by atomic mass is 10.0. The van der Waals surface area contributed by atoms with Gasteiger partial charge in [0.1, 0.15) is 13.2 Å². The molecular formula is C67H122O6. The van der Waals surface area contributed by atoms with Crippen LogP contribution in [0, 0.1) is 0 Å². The van der Waals surface area contributed by atoms with Gasteiger partial charge in [-0.1, -0.05) is 313 Å². The van der Waals surface area contributed by atoms with Crippen molar-refractivity contribution in [2.75, 3.05) is 13.2 Å². The van der Waals surface area contributed by atoms with Crippen LogP contribution in [-0.2, 0) is 28.6 Å². The van der Waals surface area contributed by atoms with Crippen molar-refractivity contribution in [3.8, 4) is 0 Å². The molecule has 0 radical (unpaired) electrons. The number of hydrogen-bond acceptors (Lipinski definition) is 6. The third-order valence-electron chi connectivity index (χ3n) is 14.3. The maximum Gasteiger partial charge on any atom is 0.306 e. The molecule has 0 aliphatic rings. The summed E-state index contributed by atoms with van der Waals surface area (Å²) < 4.78 is 16.7. The van der Waals surface area contributed by atoms with Gasteiger partial charge in [-0.25, -0.2) is 0 Å². The van der Waals surface area contributed by atoms with Crippen LogP contribution in [0.2, 0.25) is 0 Å². The van der Waals surface area contributed by atoms with E-state index in [2.05, 4.69) is 69.4 Å². The zero-order valence-corrected chi connectivity index (χ0v) is 48.9. The summed E-state index contributed by atoms with van der Waals surface area (Å²) in [6.45, 7) is 6.47. The largest absolute Gasteiger partial charge is 0.462 e. The van der Waals surface area contributed by atoms with Crippen LogP contribution >= 0.6 is 0 Å². The molecule has 0 aromatic carbocycles. The van der Waals surface area contributed by atoms with Crippen molar-refractivity contribution in [2.45, 2.75) is 348 Å². The third-order valence-corrected chi connectivity index (χ3v) is 14.3. The molecule has 0 amide bonds. The van der Waals surface area contributed by atoms with Crippen LogP contribution in [0.5, 0.6) is 0 Å². The molecule has 0 N–H and O–H groups in total. The van der Waals surface area contributed by atoms with Gasteiger partial charge in [0.25, 0.3) is 0 Å². The molecule has 0 aromatic rings. The second kappa shape index (κ2) is 61.9. The van der Waals surface area contributed by atoms with E-state index in [1.54, 1.807) is 0 Å². The van der Waals surface area contributed by atoms with Crippen molar-refractivity contribution in [3.05, 3.63) is 48.6 Å². The van der Waals surface area contributed by atoms with Gasteiger partial charge in [0.15, 0.2) is 6.10 Å². The average Bonchev–Trinajstić information content (AvgIpc) is 3.39. The number of rotatable bonds is 59. The Morgan fingerprint density at radius 2 is 0.534 bits per heavy atom.